The Morgan fingerprint density at radius 1 is 0.672 bits per heavy atom. The summed E-state index contributed by atoms with van der Waals surface area (Å²) in [5.74, 6) is -3.66. The number of nitrogens with zero attached hydrogens (tertiary/aromatic N) is 1. The Bertz CT molecular complexity index is 2020. The highest BCUT2D eigenvalue weighted by Gasteiger charge is 2.36. The quantitative estimate of drug-likeness (QED) is 0.0469. The van der Waals surface area contributed by atoms with Gasteiger partial charge in [0.15, 0.2) is 9.84 Å². The summed E-state index contributed by atoms with van der Waals surface area (Å²) in [7, 11) is -3.71. The van der Waals surface area contributed by atoms with E-state index in [4.69, 9.17) is 5.73 Å². The van der Waals surface area contributed by atoms with E-state index in [1.165, 1.54) is 17.0 Å². The molecule has 5 rings (SSSR count). The smallest absolute Gasteiger partial charge is 0.289 e. The lowest BCUT2D eigenvalue weighted by molar-refractivity contribution is -0.140. The number of nitrogens with one attached hydrogen (secondary N) is 3. The fraction of sp³-hybridized carbons (Fsp3) is 0.489. The molecule has 328 valence electrons. The van der Waals surface area contributed by atoms with Crippen LogP contribution in [0.5, 0.6) is 0 Å². The van der Waals surface area contributed by atoms with E-state index in [-0.39, 0.29) is 47.4 Å². The molecule has 0 aromatic heterocycles. The van der Waals surface area contributed by atoms with Crippen molar-refractivity contribution in [2.75, 3.05) is 25.4 Å². The van der Waals surface area contributed by atoms with Crippen molar-refractivity contribution in [3.8, 4) is 0 Å². The van der Waals surface area contributed by atoms with Gasteiger partial charge in [0.25, 0.3) is 17.7 Å². The fourth-order valence-electron chi connectivity index (χ4n) is 8.39. The molecule has 3 atom stereocenters. The topological polar surface area (TPSA) is 202 Å². The summed E-state index contributed by atoms with van der Waals surface area (Å²) < 4.78 is 25.5. The zero-order valence-electron chi connectivity index (χ0n) is 35.0. The van der Waals surface area contributed by atoms with Crippen LogP contribution in [-0.2, 0) is 35.4 Å². The molecule has 1 aliphatic carbocycles. The van der Waals surface area contributed by atoms with Crippen LogP contribution < -0.4 is 21.7 Å². The van der Waals surface area contributed by atoms with Crippen molar-refractivity contribution >= 4 is 45.2 Å². The maximum Gasteiger partial charge on any atom is 0.289 e. The maximum atomic E-state index is 14.1. The van der Waals surface area contributed by atoms with Crippen LogP contribution in [0.25, 0.3) is 0 Å². The third kappa shape index (κ3) is 13.6. The minimum atomic E-state index is -3.71. The second kappa shape index (κ2) is 23.7. The number of benzene rings is 3. The molecule has 1 heterocycles. The Morgan fingerprint density at radius 3 is 1.87 bits per heavy atom. The van der Waals surface area contributed by atoms with Gasteiger partial charge < -0.3 is 21.7 Å². The molecule has 13 nitrogen and oxygen atoms in total. The van der Waals surface area contributed by atoms with Crippen molar-refractivity contribution in [3.63, 3.8) is 0 Å². The number of carbonyl (C=O) groups excluding carboxylic acids is 6. The number of hydrogen-bond acceptors (Lipinski definition) is 9. The standard InChI is InChI=1S/C47H61N5O8S/c48-29-17-16-28-40(44(55)51-41(33-34-19-7-5-8-20-34)42(53)45(56)49-30-32-61(59,60)36-23-9-6-10-24-36)50-43(54)37(35-21-12-13-22-35)25-11-3-1-2-4-18-31-52-46(57)38-26-14-15-27-39(38)47(52)58/h5-10,14-15,19-20,23-24,26-27,35,37,40-41H,1-4,11-13,16-18,21-22,25,28-33,48H2,(H,49,56)(H,50,54)(H,51,55)/t37-,40-,41-/m0/s1. The molecule has 1 saturated carbocycles. The van der Waals surface area contributed by atoms with Gasteiger partial charge in [0, 0.05) is 25.4 Å². The molecule has 3 aromatic carbocycles. The molecule has 61 heavy (non-hydrogen) atoms. The van der Waals surface area contributed by atoms with E-state index in [2.05, 4.69) is 16.0 Å². The largest absolute Gasteiger partial charge is 0.348 e. The summed E-state index contributed by atoms with van der Waals surface area (Å²) in [6.45, 7) is 0.504. The third-order valence-electron chi connectivity index (χ3n) is 11.8. The number of rotatable bonds is 26. The summed E-state index contributed by atoms with van der Waals surface area (Å²) in [6, 6.07) is 21.4. The van der Waals surface area contributed by atoms with Crippen LogP contribution in [0.1, 0.15) is 116 Å². The monoisotopic (exact) mass is 855 g/mol. The van der Waals surface area contributed by atoms with Crippen molar-refractivity contribution in [1.82, 2.24) is 20.9 Å². The fourth-order valence-corrected chi connectivity index (χ4v) is 9.56. The highest BCUT2D eigenvalue weighted by Crippen LogP contribution is 2.35. The molecule has 0 radical (unpaired) electrons. The molecule has 3 aromatic rings. The van der Waals surface area contributed by atoms with E-state index in [9.17, 15) is 37.2 Å². The van der Waals surface area contributed by atoms with Gasteiger partial charge in [-0.2, -0.15) is 0 Å². The van der Waals surface area contributed by atoms with E-state index in [0.717, 1.165) is 64.2 Å². The van der Waals surface area contributed by atoms with Crippen LogP contribution >= 0.6 is 0 Å². The van der Waals surface area contributed by atoms with Gasteiger partial charge >= 0.3 is 0 Å². The van der Waals surface area contributed by atoms with E-state index in [1.807, 2.05) is 6.07 Å². The van der Waals surface area contributed by atoms with E-state index in [0.29, 0.717) is 55.5 Å². The SMILES string of the molecule is NCCCC[C@H](NC(=O)[C@@H](CCCCCCCCN1C(=O)c2ccccc2C1=O)C1CCCC1)C(=O)N[C@@H](Cc1ccccc1)C(=O)C(=O)NCCS(=O)(=O)c1ccccc1. The van der Waals surface area contributed by atoms with Crippen molar-refractivity contribution in [2.45, 2.75) is 113 Å². The summed E-state index contributed by atoms with van der Waals surface area (Å²) in [5.41, 5.74) is 7.41. The van der Waals surface area contributed by atoms with Crippen molar-refractivity contribution in [3.05, 3.63) is 102 Å². The predicted octanol–water partition coefficient (Wildman–Crippen LogP) is 5.32. The zero-order valence-corrected chi connectivity index (χ0v) is 35.8. The minimum Gasteiger partial charge on any atom is -0.348 e. The number of carbonyl (C=O) groups is 6. The molecule has 0 saturated heterocycles. The predicted molar refractivity (Wildman–Crippen MR) is 233 cm³/mol. The number of fused-ring (bicyclic) bond motifs is 1. The van der Waals surface area contributed by atoms with Crippen molar-refractivity contribution in [1.29, 1.82) is 0 Å². The Morgan fingerprint density at radius 2 is 1.23 bits per heavy atom. The summed E-state index contributed by atoms with van der Waals surface area (Å²) in [5, 5.41) is 8.23. The van der Waals surface area contributed by atoms with E-state index < -0.39 is 45.3 Å². The van der Waals surface area contributed by atoms with Gasteiger partial charge in [0.2, 0.25) is 17.6 Å². The van der Waals surface area contributed by atoms with Gasteiger partial charge in [-0.1, -0.05) is 106 Å². The first-order valence-electron chi connectivity index (χ1n) is 21.9. The van der Waals surface area contributed by atoms with Crippen LogP contribution in [0.15, 0.2) is 89.8 Å². The molecular formula is C47H61N5O8S. The number of nitrogens with two attached hydrogens (primary N) is 1. The number of imide groups is 1. The molecule has 0 spiro atoms. The lowest BCUT2D eigenvalue weighted by atomic mass is 9.85. The number of ketones is 1. The number of hydrogen-bond donors (Lipinski definition) is 4. The molecule has 1 aliphatic heterocycles. The summed E-state index contributed by atoms with van der Waals surface area (Å²) >= 11 is 0. The van der Waals surface area contributed by atoms with Crippen molar-refractivity contribution < 1.29 is 37.2 Å². The average molecular weight is 856 g/mol. The van der Waals surface area contributed by atoms with Crippen LogP contribution in [-0.4, -0.2) is 86.1 Å². The van der Waals surface area contributed by atoms with Crippen LogP contribution in [0, 0.1) is 11.8 Å². The molecule has 2 aliphatic rings. The molecule has 0 bridgehead atoms. The first-order chi connectivity index (χ1) is 29.5. The number of Topliss-reactive ketones (excluding diaryl/α,β-unsaturated/α-hetero) is 1. The van der Waals surface area contributed by atoms with Gasteiger partial charge in [-0.25, -0.2) is 8.42 Å². The Balaban J connectivity index is 1.15. The van der Waals surface area contributed by atoms with E-state index >= 15 is 0 Å². The van der Waals surface area contributed by atoms with Gasteiger partial charge in [0.1, 0.15) is 12.1 Å². The first-order valence-corrected chi connectivity index (χ1v) is 23.5. The maximum absolute atomic E-state index is 14.1. The molecular weight excluding hydrogens is 795 g/mol. The second-order valence-corrected chi connectivity index (χ2v) is 18.3. The first kappa shape index (κ1) is 46.8. The molecule has 1 fully saturated rings. The highest BCUT2D eigenvalue weighted by molar-refractivity contribution is 7.91. The number of unbranched alkanes of at least 4 members (excludes halogenated alkanes) is 6. The van der Waals surface area contributed by atoms with Crippen LogP contribution in [0.4, 0.5) is 0 Å². The van der Waals surface area contributed by atoms with Crippen LogP contribution in [0.3, 0.4) is 0 Å². The molecule has 5 amide bonds. The van der Waals surface area contributed by atoms with Gasteiger partial charge in [-0.3, -0.25) is 33.7 Å². The lowest BCUT2D eigenvalue weighted by Gasteiger charge is -2.27. The van der Waals surface area contributed by atoms with Crippen LogP contribution in [0.2, 0.25) is 0 Å². The second-order valence-electron chi connectivity index (χ2n) is 16.2. The zero-order chi connectivity index (χ0) is 43.6. The minimum absolute atomic E-state index is 0.0120. The average Bonchev–Trinajstić information content (AvgIpc) is 3.89. The number of amides is 5. The normalized spacial score (nSPS) is 15.5. The molecule has 14 heteroatoms. The summed E-state index contributed by atoms with van der Waals surface area (Å²) in [4.78, 5) is 81.8. The highest BCUT2D eigenvalue weighted by atomic mass is 32.2. The summed E-state index contributed by atoms with van der Waals surface area (Å²) in [6.07, 6.45) is 11.4. The van der Waals surface area contributed by atoms with Gasteiger partial charge in [-0.15, -0.1) is 0 Å². The number of sulfone groups is 1. The van der Waals surface area contributed by atoms with Gasteiger partial charge in [-0.05, 0) is 87.2 Å². The van der Waals surface area contributed by atoms with Gasteiger partial charge in [0.05, 0.1) is 21.8 Å². The Hall–Kier alpha value is -5.21. The Kier molecular flexibility index (Phi) is 18.2. The third-order valence-corrected chi connectivity index (χ3v) is 13.5. The molecule has 0 unspecified atom stereocenters. The molecule has 5 N–H and O–H groups in total. The Labute approximate surface area is 359 Å². The van der Waals surface area contributed by atoms with E-state index in [1.54, 1.807) is 66.7 Å². The van der Waals surface area contributed by atoms with Crippen molar-refractivity contribution in [2.24, 2.45) is 17.6 Å². The lowest BCUT2D eigenvalue weighted by Crippen LogP contribution is -2.55.